The van der Waals surface area contributed by atoms with Crippen LogP contribution in [0.25, 0.3) is 44.0 Å². The maximum atomic E-state index is 13.2. The second kappa shape index (κ2) is 6.01. The molecule has 0 aliphatic rings. The highest BCUT2D eigenvalue weighted by Crippen LogP contribution is 2.29. The van der Waals surface area contributed by atoms with Crippen molar-refractivity contribution < 1.29 is 4.79 Å². The molecule has 0 aliphatic heterocycles. The van der Waals surface area contributed by atoms with Crippen molar-refractivity contribution in [1.82, 2.24) is 19.5 Å². The zero-order valence-electron chi connectivity index (χ0n) is 15.5. The molecular formula is C24H16N4O. The number of nitrogens with one attached hydrogen (secondary N) is 1. The monoisotopic (exact) mass is 376 g/mol. The van der Waals surface area contributed by atoms with E-state index in [-0.39, 0.29) is 12.3 Å². The van der Waals surface area contributed by atoms with Gasteiger partial charge in [0.05, 0.1) is 23.1 Å². The van der Waals surface area contributed by atoms with Gasteiger partial charge in [-0.05, 0) is 24.3 Å². The number of fused-ring (bicyclic) bond motifs is 5. The van der Waals surface area contributed by atoms with Crippen molar-refractivity contribution in [2.75, 3.05) is 0 Å². The Morgan fingerprint density at radius 3 is 2.38 bits per heavy atom. The Bertz CT molecular complexity index is 1560. The number of carbonyl (C=O) groups is 1. The molecule has 5 nitrogen and oxygen atoms in total. The number of hydrogen-bond acceptors (Lipinski definition) is 3. The summed E-state index contributed by atoms with van der Waals surface area (Å²) in [6, 6.07) is 23.7. The van der Waals surface area contributed by atoms with Crippen LogP contribution < -0.4 is 0 Å². The number of hydrogen-bond donors (Lipinski definition) is 1. The highest BCUT2D eigenvalue weighted by Gasteiger charge is 2.18. The zero-order valence-corrected chi connectivity index (χ0v) is 15.5. The molecule has 0 fully saturated rings. The lowest BCUT2D eigenvalue weighted by Gasteiger charge is -2.06. The Hall–Kier alpha value is -3.99. The largest absolute Gasteiger partial charge is 0.360 e. The van der Waals surface area contributed by atoms with E-state index in [0.717, 1.165) is 44.0 Å². The fraction of sp³-hybridized carbons (Fsp3) is 0.0417. The van der Waals surface area contributed by atoms with Crippen molar-refractivity contribution in [1.29, 1.82) is 0 Å². The molecule has 5 heteroatoms. The number of aromatic nitrogens is 4. The number of para-hydroxylation sites is 4. The fourth-order valence-corrected chi connectivity index (χ4v) is 4.07. The summed E-state index contributed by atoms with van der Waals surface area (Å²) < 4.78 is 1.98. The first-order valence-corrected chi connectivity index (χ1v) is 9.52. The second-order valence-electron chi connectivity index (χ2n) is 7.16. The van der Waals surface area contributed by atoms with Gasteiger partial charge in [0.2, 0.25) is 0 Å². The van der Waals surface area contributed by atoms with Crippen LogP contribution in [0.1, 0.15) is 10.4 Å². The van der Waals surface area contributed by atoms with Gasteiger partial charge in [-0.2, -0.15) is 0 Å². The highest BCUT2D eigenvalue weighted by molar-refractivity contribution is 6.11. The van der Waals surface area contributed by atoms with Crippen molar-refractivity contribution >= 4 is 49.8 Å². The molecule has 29 heavy (non-hydrogen) atoms. The van der Waals surface area contributed by atoms with E-state index in [0.29, 0.717) is 5.56 Å². The summed E-state index contributed by atoms with van der Waals surface area (Å²) in [6.45, 7) is 0.207. The van der Waals surface area contributed by atoms with E-state index in [4.69, 9.17) is 9.97 Å². The van der Waals surface area contributed by atoms with Gasteiger partial charge >= 0.3 is 0 Å². The first kappa shape index (κ1) is 16.0. The topological polar surface area (TPSA) is 63.6 Å². The van der Waals surface area contributed by atoms with Gasteiger partial charge in [0.15, 0.2) is 11.4 Å². The number of nitrogens with zero attached hydrogens (tertiary/aromatic N) is 3. The lowest BCUT2D eigenvalue weighted by atomic mass is 10.1. The third-order valence-electron chi connectivity index (χ3n) is 5.45. The minimum atomic E-state index is 0.0417. The highest BCUT2D eigenvalue weighted by atomic mass is 16.1. The van der Waals surface area contributed by atoms with Crippen LogP contribution in [0.2, 0.25) is 0 Å². The fourth-order valence-electron chi connectivity index (χ4n) is 4.07. The third kappa shape index (κ3) is 2.37. The SMILES string of the molecule is O=C(Cn1c2ccccc2c2nc3ccccc3nc21)c1c[nH]c2ccccc12. The summed E-state index contributed by atoms with van der Waals surface area (Å²) in [5.41, 5.74) is 5.86. The molecule has 0 spiro atoms. The second-order valence-corrected chi connectivity index (χ2v) is 7.16. The van der Waals surface area contributed by atoms with Crippen molar-refractivity contribution in [2.45, 2.75) is 6.54 Å². The van der Waals surface area contributed by atoms with Crippen molar-refractivity contribution in [3.05, 3.63) is 84.6 Å². The average Bonchev–Trinajstić information content (AvgIpc) is 3.32. The summed E-state index contributed by atoms with van der Waals surface area (Å²) in [4.78, 5) is 26.1. The number of carbonyl (C=O) groups excluding carboxylic acids is 1. The van der Waals surface area contributed by atoms with Crippen LogP contribution in [0.3, 0.4) is 0 Å². The third-order valence-corrected chi connectivity index (χ3v) is 5.45. The quantitative estimate of drug-likeness (QED) is 0.437. The molecule has 138 valence electrons. The number of benzene rings is 3. The van der Waals surface area contributed by atoms with E-state index in [9.17, 15) is 4.79 Å². The lowest BCUT2D eigenvalue weighted by molar-refractivity contribution is 0.0976. The summed E-state index contributed by atoms with van der Waals surface area (Å²) in [5.74, 6) is 0.0417. The van der Waals surface area contributed by atoms with Crippen LogP contribution in [0, 0.1) is 0 Å². The Morgan fingerprint density at radius 1 is 0.828 bits per heavy atom. The van der Waals surface area contributed by atoms with Gasteiger partial charge in [-0.1, -0.05) is 48.5 Å². The van der Waals surface area contributed by atoms with Crippen LogP contribution in [0.4, 0.5) is 0 Å². The summed E-state index contributed by atoms with van der Waals surface area (Å²) in [6.07, 6.45) is 1.79. The molecule has 6 aromatic rings. The lowest BCUT2D eigenvalue weighted by Crippen LogP contribution is -2.10. The Labute approximate surface area is 165 Å². The number of Topliss-reactive ketones (excluding diaryl/α,β-unsaturated/α-hetero) is 1. The first-order chi connectivity index (χ1) is 14.3. The predicted octanol–water partition coefficient (Wildman–Crippen LogP) is 5.10. The summed E-state index contributed by atoms with van der Waals surface area (Å²) >= 11 is 0. The maximum Gasteiger partial charge on any atom is 0.184 e. The van der Waals surface area contributed by atoms with E-state index in [1.807, 2.05) is 77.4 Å². The number of H-pyrrole nitrogens is 1. The standard InChI is InChI=1S/C24H16N4O/c29-22(17-13-25-18-9-3-1-7-15(17)18)14-28-21-12-6-2-8-16(21)23-24(28)27-20-11-5-4-10-19(20)26-23/h1-13,25H,14H2. The molecule has 1 N–H and O–H groups in total. The van der Waals surface area contributed by atoms with Crippen LogP contribution in [0.5, 0.6) is 0 Å². The maximum absolute atomic E-state index is 13.2. The van der Waals surface area contributed by atoms with Crippen LogP contribution in [-0.2, 0) is 6.54 Å². The van der Waals surface area contributed by atoms with Gasteiger partial charge in [0.1, 0.15) is 5.52 Å². The van der Waals surface area contributed by atoms with E-state index < -0.39 is 0 Å². The molecule has 0 unspecified atom stereocenters. The smallest absolute Gasteiger partial charge is 0.184 e. The molecule has 3 aromatic heterocycles. The Morgan fingerprint density at radius 2 is 1.52 bits per heavy atom. The molecule has 0 saturated heterocycles. The van der Waals surface area contributed by atoms with Crippen LogP contribution >= 0.6 is 0 Å². The zero-order chi connectivity index (χ0) is 19.4. The van der Waals surface area contributed by atoms with E-state index in [1.165, 1.54) is 0 Å². The van der Waals surface area contributed by atoms with Crippen molar-refractivity contribution in [2.24, 2.45) is 0 Å². The number of rotatable bonds is 3. The Kier molecular flexibility index (Phi) is 3.32. The normalized spacial score (nSPS) is 11.7. The van der Waals surface area contributed by atoms with Gasteiger partial charge in [-0.15, -0.1) is 0 Å². The van der Waals surface area contributed by atoms with Gasteiger partial charge in [-0.25, -0.2) is 9.97 Å². The molecule has 3 aromatic carbocycles. The molecule has 0 atom stereocenters. The molecule has 3 heterocycles. The molecule has 0 bridgehead atoms. The average molecular weight is 376 g/mol. The molecule has 0 amide bonds. The summed E-state index contributed by atoms with van der Waals surface area (Å²) in [7, 11) is 0. The van der Waals surface area contributed by atoms with Crippen LogP contribution in [0.15, 0.2) is 79.0 Å². The van der Waals surface area contributed by atoms with Gasteiger partial charge in [0, 0.05) is 28.0 Å². The molecule has 0 aliphatic carbocycles. The number of aromatic amines is 1. The van der Waals surface area contributed by atoms with Crippen molar-refractivity contribution in [3.8, 4) is 0 Å². The minimum absolute atomic E-state index is 0.0417. The van der Waals surface area contributed by atoms with E-state index in [1.54, 1.807) is 6.20 Å². The van der Waals surface area contributed by atoms with E-state index >= 15 is 0 Å². The van der Waals surface area contributed by atoms with Gasteiger partial charge in [-0.3, -0.25) is 4.79 Å². The molecular weight excluding hydrogens is 360 g/mol. The number of ketones is 1. The predicted molar refractivity (Wildman–Crippen MR) is 115 cm³/mol. The Balaban J connectivity index is 1.57. The van der Waals surface area contributed by atoms with Gasteiger partial charge < -0.3 is 9.55 Å². The van der Waals surface area contributed by atoms with Crippen LogP contribution in [-0.4, -0.2) is 25.3 Å². The van der Waals surface area contributed by atoms with E-state index in [2.05, 4.69) is 4.98 Å². The molecule has 6 rings (SSSR count). The minimum Gasteiger partial charge on any atom is -0.360 e. The molecule has 0 radical (unpaired) electrons. The summed E-state index contributed by atoms with van der Waals surface area (Å²) in [5, 5.41) is 1.95. The first-order valence-electron chi connectivity index (χ1n) is 9.52. The van der Waals surface area contributed by atoms with Crippen molar-refractivity contribution in [3.63, 3.8) is 0 Å². The molecule has 0 saturated carbocycles. The van der Waals surface area contributed by atoms with Gasteiger partial charge in [0.25, 0.3) is 0 Å².